The highest BCUT2D eigenvalue weighted by Gasteiger charge is 2.54. The topological polar surface area (TPSA) is 165 Å². The van der Waals surface area contributed by atoms with Crippen molar-refractivity contribution in [2.24, 2.45) is 23.2 Å². The number of carboxylic acids is 3. The van der Waals surface area contributed by atoms with Crippen molar-refractivity contribution in [3.8, 4) is 5.75 Å². The van der Waals surface area contributed by atoms with Crippen molar-refractivity contribution in [1.29, 1.82) is 0 Å². The zero-order valence-corrected chi connectivity index (χ0v) is 24.5. The summed E-state index contributed by atoms with van der Waals surface area (Å²) in [4.78, 5) is 32.7. The maximum Gasteiger partial charge on any atom is 0.336 e. The maximum atomic E-state index is 10.3. The summed E-state index contributed by atoms with van der Waals surface area (Å²) >= 11 is 0. The van der Waals surface area contributed by atoms with Crippen LogP contribution >= 0.6 is 0 Å². The average molecular weight is 576 g/mol. The number of hydrogen-bond acceptors (Lipinski definition) is 7. The number of carbonyl (C=O) groups is 3. The molecule has 0 bridgehead atoms. The maximum absolute atomic E-state index is 10.3. The molecule has 3 aliphatic carbocycles. The Bertz CT molecular complexity index is 1130. The van der Waals surface area contributed by atoms with Crippen LogP contribution in [0.4, 0.5) is 0 Å². The second-order valence-electron chi connectivity index (χ2n) is 12.4. The quantitative estimate of drug-likeness (QED) is 0.205. The molecule has 2 saturated carbocycles. The van der Waals surface area contributed by atoms with E-state index in [0.717, 1.165) is 38.0 Å². The van der Waals surface area contributed by atoms with E-state index in [2.05, 4.69) is 45.0 Å². The number of phenols is 1. The number of rotatable bonds is 10. The lowest BCUT2D eigenvalue weighted by Crippen LogP contribution is -2.43. The van der Waals surface area contributed by atoms with Crippen molar-refractivity contribution >= 4 is 17.9 Å². The van der Waals surface area contributed by atoms with Gasteiger partial charge in [-0.1, -0.05) is 31.6 Å². The van der Waals surface area contributed by atoms with Gasteiger partial charge >= 0.3 is 17.9 Å². The number of benzene rings is 1. The molecule has 5 N–H and O–H groups in total. The number of carboxylic acid groups (broad SMARTS) is 3. The molecule has 5 atom stereocenters. The summed E-state index contributed by atoms with van der Waals surface area (Å²) in [7, 11) is 4.18. The van der Waals surface area contributed by atoms with E-state index >= 15 is 0 Å². The lowest BCUT2D eigenvalue weighted by Gasteiger charge is -2.52. The molecule has 228 valence electrons. The minimum Gasteiger partial charge on any atom is -0.508 e. The summed E-state index contributed by atoms with van der Waals surface area (Å²) in [5.74, 6) is -1.67. The van der Waals surface area contributed by atoms with Crippen molar-refractivity contribution in [2.45, 2.75) is 70.3 Å². The lowest BCUT2D eigenvalue weighted by atomic mass is 9.52. The van der Waals surface area contributed by atoms with Gasteiger partial charge in [-0.25, -0.2) is 4.79 Å². The number of aliphatic carboxylic acids is 3. The fourth-order valence-electron chi connectivity index (χ4n) is 7.35. The van der Waals surface area contributed by atoms with Crippen LogP contribution in [0.5, 0.6) is 5.75 Å². The smallest absolute Gasteiger partial charge is 0.336 e. The Morgan fingerprint density at radius 1 is 1.12 bits per heavy atom. The number of likely N-dealkylation sites (N-methyl/N-ethyl adjacent to an activating group) is 1. The molecule has 1 aromatic rings. The van der Waals surface area contributed by atoms with Gasteiger partial charge in [0.05, 0.1) is 26.1 Å². The predicted molar refractivity (Wildman–Crippen MR) is 152 cm³/mol. The molecule has 0 aliphatic heterocycles. The van der Waals surface area contributed by atoms with Crippen LogP contribution in [-0.4, -0.2) is 87.8 Å². The van der Waals surface area contributed by atoms with E-state index in [9.17, 15) is 19.5 Å². The minimum absolute atomic E-state index is 0.356. The van der Waals surface area contributed by atoms with Gasteiger partial charge in [-0.3, -0.25) is 9.59 Å². The number of fused-ring (bicyclic) bond motifs is 5. The second-order valence-corrected chi connectivity index (χ2v) is 12.4. The van der Waals surface area contributed by atoms with Gasteiger partial charge < -0.3 is 35.2 Å². The Labute approximate surface area is 241 Å². The normalized spacial score (nSPS) is 27.8. The highest BCUT2D eigenvalue weighted by Crippen LogP contribution is 2.63. The van der Waals surface area contributed by atoms with Crippen LogP contribution in [0.1, 0.15) is 69.4 Å². The lowest BCUT2D eigenvalue weighted by molar-refractivity contribution is -0.170. The Morgan fingerprint density at radius 2 is 1.78 bits per heavy atom. The van der Waals surface area contributed by atoms with Crippen LogP contribution in [0.15, 0.2) is 29.8 Å². The number of phenolic OH excluding ortho intramolecular Hbond substituents is 1. The fraction of sp³-hybridized carbons (Fsp3) is 0.645. The van der Waals surface area contributed by atoms with Gasteiger partial charge in [0.15, 0.2) is 5.60 Å². The largest absolute Gasteiger partial charge is 0.508 e. The van der Waals surface area contributed by atoms with Crippen molar-refractivity contribution < 1.29 is 44.7 Å². The first-order valence-electron chi connectivity index (χ1n) is 14.3. The summed E-state index contributed by atoms with van der Waals surface area (Å²) in [6, 6.07) is 6.12. The standard InChI is InChI=1S/C25H37NO2.C6H8O7/c1-17-15-18-16-20(27)6-7-21(18)22-9-11-25(2)19(5-8-23(25)24(17)22)10-13-28-14-12-26(3)4;7-3(8)1-6(13,5(11)12)2-4(9)10/h6-7,10,16-17,22-24,27H,5,8-9,11-15H2,1-4H3;13H,1-2H2,(H,7,8)(H,9,10)(H,11,12)/b19-10+;/t17-,22?,23?,24?,25-;/m1./s1. The molecular weight excluding hydrogens is 530 g/mol. The average Bonchev–Trinajstić information content (AvgIpc) is 3.18. The monoisotopic (exact) mass is 575 g/mol. The molecule has 2 fully saturated rings. The molecule has 1 aromatic carbocycles. The Morgan fingerprint density at radius 3 is 2.37 bits per heavy atom. The fourth-order valence-corrected chi connectivity index (χ4v) is 7.35. The molecule has 0 saturated heterocycles. The van der Waals surface area contributed by atoms with Gasteiger partial charge in [-0.05, 0) is 98.5 Å². The Balaban J connectivity index is 0.000000302. The van der Waals surface area contributed by atoms with Crippen molar-refractivity contribution in [1.82, 2.24) is 4.90 Å². The third kappa shape index (κ3) is 7.67. The number of aliphatic hydroxyl groups is 1. The summed E-state index contributed by atoms with van der Waals surface area (Å²) in [5.41, 5.74) is 2.18. The molecular formula is C31H45NO9. The Kier molecular flexibility index (Phi) is 10.6. The molecule has 0 amide bonds. The number of allylic oxidation sites excluding steroid dienone is 1. The number of nitrogens with zero attached hydrogens (tertiary/aromatic N) is 1. The van der Waals surface area contributed by atoms with E-state index in [1.165, 1.54) is 36.8 Å². The van der Waals surface area contributed by atoms with Gasteiger partial charge in [0.25, 0.3) is 0 Å². The van der Waals surface area contributed by atoms with E-state index in [-0.39, 0.29) is 0 Å². The zero-order valence-electron chi connectivity index (χ0n) is 24.5. The van der Waals surface area contributed by atoms with E-state index in [1.807, 2.05) is 12.1 Å². The van der Waals surface area contributed by atoms with E-state index in [0.29, 0.717) is 23.0 Å². The molecule has 10 nitrogen and oxygen atoms in total. The molecule has 41 heavy (non-hydrogen) atoms. The molecule has 0 spiro atoms. The third-order valence-corrected chi connectivity index (χ3v) is 9.32. The molecule has 4 rings (SSSR count). The summed E-state index contributed by atoms with van der Waals surface area (Å²) in [6.07, 6.45) is 6.38. The van der Waals surface area contributed by atoms with Gasteiger partial charge in [0.1, 0.15) is 5.75 Å². The molecule has 0 heterocycles. The van der Waals surface area contributed by atoms with Crippen LogP contribution in [0, 0.1) is 23.2 Å². The number of aromatic hydroxyl groups is 1. The van der Waals surface area contributed by atoms with E-state index in [4.69, 9.17) is 25.2 Å². The van der Waals surface area contributed by atoms with Gasteiger partial charge in [-0.15, -0.1) is 0 Å². The summed E-state index contributed by atoms with van der Waals surface area (Å²) in [6.45, 7) is 7.53. The van der Waals surface area contributed by atoms with E-state index < -0.39 is 36.4 Å². The van der Waals surface area contributed by atoms with Crippen molar-refractivity contribution in [3.05, 3.63) is 41.0 Å². The zero-order chi connectivity index (χ0) is 30.5. The van der Waals surface area contributed by atoms with Crippen molar-refractivity contribution in [2.75, 3.05) is 33.9 Å². The first-order chi connectivity index (χ1) is 19.2. The third-order valence-electron chi connectivity index (χ3n) is 9.32. The van der Waals surface area contributed by atoms with Crippen LogP contribution in [-0.2, 0) is 25.5 Å². The van der Waals surface area contributed by atoms with Gasteiger partial charge in [0.2, 0.25) is 0 Å². The minimum atomic E-state index is -2.74. The van der Waals surface area contributed by atoms with Crippen LogP contribution < -0.4 is 0 Å². The second kappa shape index (κ2) is 13.4. The Hall–Kier alpha value is -2.95. The highest BCUT2D eigenvalue weighted by atomic mass is 16.5. The van der Waals surface area contributed by atoms with Crippen LogP contribution in [0.2, 0.25) is 0 Å². The van der Waals surface area contributed by atoms with Gasteiger partial charge in [-0.2, -0.15) is 0 Å². The molecule has 0 aromatic heterocycles. The summed E-state index contributed by atoms with van der Waals surface area (Å²) < 4.78 is 5.87. The molecule has 0 radical (unpaired) electrons. The summed E-state index contributed by atoms with van der Waals surface area (Å²) in [5, 5.41) is 43.7. The number of hydrogen-bond donors (Lipinski definition) is 5. The first-order valence-corrected chi connectivity index (χ1v) is 14.3. The predicted octanol–water partition coefficient (Wildman–Crippen LogP) is 3.75. The SMILES string of the molecule is C[C@@H]1Cc2cc(O)ccc2C2CC[C@]3(C)/C(=C/COCCN(C)C)CCC3C21.O=C(O)CC(O)(CC(=O)O)C(=O)O. The molecule has 3 unspecified atom stereocenters. The highest BCUT2D eigenvalue weighted by molar-refractivity contribution is 5.88. The molecule has 10 heteroatoms. The van der Waals surface area contributed by atoms with E-state index in [1.54, 1.807) is 5.57 Å². The van der Waals surface area contributed by atoms with Crippen LogP contribution in [0.25, 0.3) is 0 Å². The number of ether oxygens (including phenoxy) is 1. The first kappa shape index (κ1) is 32.6. The van der Waals surface area contributed by atoms with Crippen LogP contribution in [0.3, 0.4) is 0 Å². The van der Waals surface area contributed by atoms with Crippen molar-refractivity contribution in [3.63, 3.8) is 0 Å². The van der Waals surface area contributed by atoms with Gasteiger partial charge in [0, 0.05) is 6.54 Å². The molecule has 3 aliphatic rings.